The van der Waals surface area contributed by atoms with E-state index in [4.69, 9.17) is 4.74 Å². The van der Waals surface area contributed by atoms with E-state index in [0.29, 0.717) is 13.2 Å². The molecule has 2 aromatic rings. The minimum absolute atomic E-state index is 0.0459. The average molecular weight is 309 g/mol. The number of ether oxygens (including phenoxy) is 1. The third kappa shape index (κ3) is 2.64. The largest absolute Gasteiger partial charge is 0.480 e. The summed E-state index contributed by atoms with van der Waals surface area (Å²) in [6.07, 6.45) is 2.04. The highest BCUT2D eigenvalue weighted by atomic mass is 32.1. The molecule has 21 heavy (non-hydrogen) atoms. The van der Waals surface area contributed by atoms with Crippen molar-refractivity contribution in [3.8, 4) is 0 Å². The molecule has 1 atom stereocenters. The van der Waals surface area contributed by atoms with E-state index in [1.54, 1.807) is 0 Å². The molecule has 1 fully saturated rings. The lowest BCUT2D eigenvalue weighted by molar-refractivity contribution is -0.158. The fourth-order valence-electron chi connectivity index (χ4n) is 2.43. The summed E-state index contributed by atoms with van der Waals surface area (Å²) in [6, 6.07) is -0.898. The molecule has 0 saturated carbocycles. The van der Waals surface area contributed by atoms with Crippen molar-refractivity contribution < 1.29 is 19.4 Å². The Morgan fingerprint density at radius 2 is 2.38 bits per heavy atom. The van der Waals surface area contributed by atoms with Crippen molar-refractivity contribution >= 4 is 28.2 Å². The van der Waals surface area contributed by atoms with Crippen molar-refractivity contribution in [2.75, 3.05) is 19.8 Å². The van der Waals surface area contributed by atoms with E-state index in [1.807, 2.05) is 22.9 Å². The molecule has 2 aromatic heterocycles. The molecule has 3 heterocycles. The summed E-state index contributed by atoms with van der Waals surface area (Å²) in [7, 11) is 0. The molecule has 1 aliphatic heterocycles. The number of carbonyl (C=O) groups is 2. The Labute approximate surface area is 124 Å². The number of imidazole rings is 1. The topological polar surface area (TPSA) is 84.1 Å². The summed E-state index contributed by atoms with van der Waals surface area (Å²) in [6.45, 7) is 2.63. The number of carboxylic acids is 1. The first kappa shape index (κ1) is 14.0. The number of aryl methyl sites for hydroxylation is 1. The van der Waals surface area contributed by atoms with Gasteiger partial charge in [0.15, 0.2) is 11.0 Å². The van der Waals surface area contributed by atoms with E-state index in [9.17, 15) is 14.7 Å². The molecule has 1 amide bonds. The predicted octanol–water partition coefficient (Wildman–Crippen LogP) is 0.559. The van der Waals surface area contributed by atoms with Crippen LogP contribution in [0.25, 0.3) is 4.96 Å². The van der Waals surface area contributed by atoms with Crippen LogP contribution in [0, 0.1) is 6.92 Å². The van der Waals surface area contributed by atoms with Crippen LogP contribution in [0.4, 0.5) is 0 Å². The number of amides is 1. The number of aromatic nitrogens is 2. The maximum atomic E-state index is 12.4. The van der Waals surface area contributed by atoms with Crippen LogP contribution in [0.15, 0.2) is 11.6 Å². The van der Waals surface area contributed by atoms with Crippen LogP contribution in [-0.4, -0.2) is 57.1 Å². The summed E-state index contributed by atoms with van der Waals surface area (Å²) < 4.78 is 7.03. The van der Waals surface area contributed by atoms with Crippen LogP contribution >= 0.6 is 11.3 Å². The summed E-state index contributed by atoms with van der Waals surface area (Å²) >= 11 is 1.47. The molecule has 7 nitrogen and oxygen atoms in total. The first-order valence-electron chi connectivity index (χ1n) is 6.58. The van der Waals surface area contributed by atoms with Gasteiger partial charge in [0.25, 0.3) is 0 Å². The SMILES string of the molecule is Cc1cn2c(CC(=O)N3CCOCC3C(=O)O)csc2n1. The maximum absolute atomic E-state index is 12.4. The Bertz CT molecular complexity index is 693. The second-order valence-corrected chi connectivity index (χ2v) is 5.79. The zero-order valence-corrected chi connectivity index (χ0v) is 12.3. The fourth-order valence-corrected chi connectivity index (χ4v) is 3.35. The second-order valence-electron chi connectivity index (χ2n) is 4.95. The molecule has 8 heteroatoms. The molecule has 3 rings (SSSR count). The fraction of sp³-hybridized carbons (Fsp3) is 0.462. The molecule has 1 aliphatic rings. The number of carbonyl (C=O) groups excluding carboxylic acids is 1. The predicted molar refractivity (Wildman–Crippen MR) is 75.5 cm³/mol. The Morgan fingerprint density at radius 3 is 3.14 bits per heavy atom. The van der Waals surface area contributed by atoms with Gasteiger partial charge in [0.1, 0.15) is 0 Å². The summed E-state index contributed by atoms with van der Waals surface area (Å²) in [5.41, 5.74) is 1.72. The van der Waals surface area contributed by atoms with E-state index in [1.165, 1.54) is 16.2 Å². The van der Waals surface area contributed by atoms with Crippen molar-refractivity contribution in [1.82, 2.24) is 14.3 Å². The van der Waals surface area contributed by atoms with Gasteiger partial charge < -0.3 is 14.7 Å². The van der Waals surface area contributed by atoms with Crippen LogP contribution in [0.3, 0.4) is 0 Å². The third-order valence-corrected chi connectivity index (χ3v) is 4.36. The molecule has 0 radical (unpaired) electrons. The molecule has 0 bridgehead atoms. The number of carboxylic acid groups (broad SMARTS) is 1. The molecule has 0 spiro atoms. The van der Waals surface area contributed by atoms with Gasteiger partial charge in [-0.15, -0.1) is 11.3 Å². The van der Waals surface area contributed by atoms with Gasteiger partial charge >= 0.3 is 5.97 Å². The van der Waals surface area contributed by atoms with E-state index < -0.39 is 12.0 Å². The minimum atomic E-state index is -1.03. The number of thiazole rings is 1. The molecule has 1 saturated heterocycles. The monoisotopic (exact) mass is 309 g/mol. The van der Waals surface area contributed by atoms with Gasteiger partial charge in [-0.3, -0.25) is 9.20 Å². The van der Waals surface area contributed by atoms with Gasteiger partial charge in [-0.25, -0.2) is 9.78 Å². The van der Waals surface area contributed by atoms with E-state index in [2.05, 4.69) is 4.98 Å². The normalized spacial score (nSPS) is 19.1. The van der Waals surface area contributed by atoms with Crippen molar-refractivity contribution in [2.24, 2.45) is 0 Å². The standard InChI is InChI=1S/C13H15N3O4S/c1-8-5-16-9(7-21-13(16)14-8)4-11(17)15-2-3-20-6-10(15)12(18)19/h5,7,10H,2-4,6H2,1H3,(H,18,19). The number of aliphatic carboxylic acids is 1. The van der Waals surface area contributed by atoms with E-state index >= 15 is 0 Å². The van der Waals surface area contributed by atoms with Gasteiger partial charge in [0, 0.05) is 23.8 Å². The minimum Gasteiger partial charge on any atom is -0.480 e. The highest BCUT2D eigenvalue weighted by Crippen LogP contribution is 2.18. The van der Waals surface area contributed by atoms with Crippen LogP contribution in [-0.2, 0) is 20.7 Å². The Balaban J connectivity index is 1.80. The Hall–Kier alpha value is -1.93. The molecule has 0 aromatic carbocycles. The van der Waals surface area contributed by atoms with Gasteiger partial charge in [0.2, 0.25) is 5.91 Å². The molecule has 112 valence electrons. The lowest BCUT2D eigenvalue weighted by Gasteiger charge is -2.32. The van der Waals surface area contributed by atoms with Gasteiger partial charge in [-0.05, 0) is 6.92 Å². The number of hydrogen-bond acceptors (Lipinski definition) is 5. The van der Waals surface area contributed by atoms with Crippen molar-refractivity contribution in [3.05, 3.63) is 23.0 Å². The molecular formula is C13H15N3O4S. The summed E-state index contributed by atoms with van der Waals surface area (Å²) in [5, 5.41) is 11.1. The number of morpholine rings is 1. The lowest BCUT2D eigenvalue weighted by Crippen LogP contribution is -2.53. The Morgan fingerprint density at radius 1 is 1.57 bits per heavy atom. The quantitative estimate of drug-likeness (QED) is 0.895. The van der Waals surface area contributed by atoms with Crippen LogP contribution < -0.4 is 0 Å². The van der Waals surface area contributed by atoms with Gasteiger partial charge in [-0.2, -0.15) is 0 Å². The molecular weight excluding hydrogens is 294 g/mol. The molecule has 0 aliphatic carbocycles. The third-order valence-electron chi connectivity index (χ3n) is 3.47. The summed E-state index contributed by atoms with van der Waals surface area (Å²) in [4.78, 5) is 30.2. The van der Waals surface area contributed by atoms with Crippen molar-refractivity contribution in [2.45, 2.75) is 19.4 Å². The van der Waals surface area contributed by atoms with Crippen LogP contribution in [0.5, 0.6) is 0 Å². The number of rotatable bonds is 3. The first-order valence-corrected chi connectivity index (χ1v) is 7.46. The van der Waals surface area contributed by atoms with Crippen molar-refractivity contribution in [3.63, 3.8) is 0 Å². The zero-order chi connectivity index (χ0) is 15.0. The van der Waals surface area contributed by atoms with Crippen LogP contribution in [0.2, 0.25) is 0 Å². The molecule has 1 N–H and O–H groups in total. The number of hydrogen-bond donors (Lipinski definition) is 1. The highest BCUT2D eigenvalue weighted by Gasteiger charge is 2.32. The number of nitrogens with zero attached hydrogens (tertiary/aromatic N) is 3. The maximum Gasteiger partial charge on any atom is 0.328 e. The smallest absolute Gasteiger partial charge is 0.328 e. The van der Waals surface area contributed by atoms with Gasteiger partial charge in [-0.1, -0.05) is 0 Å². The Kier molecular flexibility index (Phi) is 3.64. The average Bonchev–Trinajstić information content (AvgIpc) is 2.99. The first-order chi connectivity index (χ1) is 10.1. The number of fused-ring (bicyclic) bond motifs is 1. The van der Waals surface area contributed by atoms with Gasteiger partial charge in [0.05, 0.1) is 25.3 Å². The zero-order valence-electron chi connectivity index (χ0n) is 11.5. The van der Waals surface area contributed by atoms with E-state index in [-0.39, 0.29) is 18.9 Å². The van der Waals surface area contributed by atoms with Crippen molar-refractivity contribution in [1.29, 1.82) is 0 Å². The second kappa shape index (κ2) is 5.45. The van der Waals surface area contributed by atoms with Crippen LogP contribution in [0.1, 0.15) is 11.4 Å². The lowest BCUT2D eigenvalue weighted by atomic mass is 10.2. The van der Waals surface area contributed by atoms with E-state index in [0.717, 1.165) is 16.3 Å². The highest BCUT2D eigenvalue weighted by molar-refractivity contribution is 7.15. The summed E-state index contributed by atoms with van der Waals surface area (Å²) in [5.74, 6) is -1.23. The molecule has 1 unspecified atom stereocenters.